The minimum atomic E-state index is -5.44. The standard InChI is InChI=1S/C36H34N8O20S6.4Na/c1-21-33(35(45)43(41-21)25-5-9-27(10-6-25)67(49,50)17-15-59-65-63-61-47)39-37-23-3-13-29(31(19-23)69(53,54)55)30-14-4-24(20-32(30)70(56,57)58)38-40-34-22(2)42-44(36(34)46)26-7-11-28(12-8-26)68(51,52)18-16-60-66-64-62-48;;;;/h3-14,19-20,45-48H,15-18H2,1-2H3,(H,53,54,55)(H,56,57,58);;;;/q;4*+1/p-4. The van der Waals surface area contributed by atoms with Gasteiger partial charge in [-0.05, 0) is 86.6 Å². The number of hydrogen-bond acceptors (Lipinski definition) is 28. The molecule has 0 aliphatic carbocycles. The van der Waals surface area contributed by atoms with Gasteiger partial charge in [0.15, 0.2) is 55.7 Å². The van der Waals surface area contributed by atoms with E-state index in [0.29, 0.717) is 0 Å². The zero-order valence-electron chi connectivity index (χ0n) is 39.2. The fraction of sp³-hybridized carbons (Fsp3) is 0.167. The van der Waals surface area contributed by atoms with Gasteiger partial charge in [0, 0.05) is 11.1 Å². The number of benzene rings is 4. The molecule has 28 nitrogen and oxygen atoms in total. The Balaban J connectivity index is 0.00000469. The number of azo groups is 2. The summed E-state index contributed by atoms with van der Waals surface area (Å²) in [5.41, 5.74) is -1.55. The number of aryl methyl sites for hydroxylation is 2. The molecular weight excluding hydrogens is 1150 g/mol. The van der Waals surface area contributed by atoms with Gasteiger partial charge in [-0.15, -0.1) is 18.9 Å². The second-order valence-corrected chi connectivity index (χ2v) is 21.6. The molecule has 0 aliphatic rings. The second kappa shape index (κ2) is 30.0. The maximum Gasteiger partial charge on any atom is 1.00 e. The van der Waals surface area contributed by atoms with Gasteiger partial charge in [-0.25, -0.2) is 33.7 Å². The molecule has 2 aromatic heterocycles. The third-order valence-corrected chi connectivity index (χ3v) is 15.1. The predicted molar refractivity (Wildman–Crippen MR) is 232 cm³/mol. The van der Waals surface area contributed by atoms with Crippen molar-refractivity contribution in [2.24, 2.45) is 20.5 Å². The van der Waals surface area contributed by atoms with Crippen molar-refractivity contribution in [1.82, 2.24) is 19.6 Å². The van der Waals surface area contributed by atoms with Crippen molar-refractivity contribution in [3.05, 3.63) is 96.3 Å². The van der Waals surface area contributed by atoms with Gasteiger partial charge in [0.05, 0.1) is 78.4 Å². The van der Waals surface area contributed by atoms with Gasteiger partial charge in [-0.1, -0.05) is 12.1 Å². The van der Waals surface area contributed by atoms with E-state index < -0.39 is 84.1 Å². The zero-order chi connectivity index (χ0) is 51.0. The van der Waals surface area contributed by atoms with Crippen molar-refractivity contribution in [2.45, 2.75) is 33.4 Å². The van der Waals surface area contributed by atoms with Crippen molar-refractivity contribution in [3.63, 3.8) is 0 Å². The van der Waals surface area contributed by atoms with Crippen LogP contribution in [0.3, 0.4) is 0 Å². The molecule has 2 heterocycles. The molecule has 0 fully saturated rings. The first-order valence-electron chi connectivity index (χ1n) is 18.8. The number of sulfone groups is 2. The first-order chi connectivity index (χ1) is 33.1. The molecule has 4 aromatic carbocycles. The van der Waals surface area contributed by atoms with Gasteiger partial charge >= 0.3 is 118 Å². The summed E-state index contributed by atoms with van der Waals surface area (Å²) in [7, 11) is -18.6. The van der Waals surface area contributed by atoms with Crippen molar-refractivity contribution in [1.29, 1.82) is 0 Å². The van der Waals surface area contributed by atoms with E-state index in [2.05, 4.69) is 49.4 Å². The summed E-state index contributed by atoms with van der Waals surface area (Å²) in [6.45, 7) is 2.15. The smallest absolute Gasteiger partial charge is 0.744 e. The molecule has 0 aliphatic heterocycles. The van der Waals surface area contributed by atoms with Crippen LogP contribution in [0.1, 0.15) is 11.4 Å². The van der Waals surface area contributed by atoms with Gasteiger partial charge in [0.1, 0.15) is 20.2 Å². The van der Waals surface area contributed by atoms with Gasteiger partial charge in [0.2, 0.25) is 11.8 Å². The van der Waals surface area contributed by atoms with Crippen LogP contribution < -0.4 is 129 Å². The number of rotatable bonds is 23. The fourth-order valence-corrected chi connectivity index (χ4v) is 10.3. The Labute approximate surface area is 518 Å². The maximum atomic E-state index is 12.6. The summed E-state index contributed by atoms with van der Waals surface area (Å²) >= 11 is 0.294. The first-order valence-corrected chi connectivity index (χ1v) is 26.3. The van der Waals surface area contributed by atoms with Crippen LogP contribution in [0.4, 0.5) is 22.7 Å². The third kappa shape index (κ3) is 17.6. The Bertz CT molecular complexity index is 3190. The average molecular weight is 1180 g/mol. The second-order valence-electron chi connectivity index (χ2n) is 13.7. The molecule has 0 atom stereocenters. The van der Waals surface area contributed by atoms with Crippen molar-refractivity contribution in [2.75, 3.05) is 24.7 Å². The third-order valence-electron chi connectivity index (χ3n) is 9.26. The van der Waals surface area contributed by atoms with Crippen LogP contribution in [0, 0.1) is 13.8 Å². The van der Waals surface area contributed by atoms with Gasteiger partial charge in [-0.3, -0.25) is 18.4 Å². The fourth-order valence-electron chi connectivity index (χ4n) is 6.07. The number of nitrogens with zero attached hydrogens (tertiary/aromatic N) is 8. The minimum Gasteiger partial charge on any atom is -0.744 e. The molecule has 0 unspecified atom stereocenters. The van der Waals surface area contributed by atoms with Crippen LogP contribution >= 0.6 is 24.6 Å². The largest absolute Gasteiger partial charge is 1.00 e. The van der Waals surface area contributed by atoms with Crippen LogP contribution in [0.5, 0.6) is 11.8 Å². The average Bonchev–Trinajstić information content (AvgIpc) is 3.77. The van der Waals surface area contributed by atoms with Crippen LogP contribution in [-0.4, -0.2) is 97.3 Å². The summed E-state index contributed by atoms with van der Waals surface area (Å²) in [4.78, 5) is -2.28. The molecule has 0 radical (unpaired) electrons. The Morgan fingerprint density at radius 3 is 1.19 bits per heavy atom. The molecule has 0 saturated carbocycles. The molecule has 6 rings (SSSR count). The topological polar surface area (TPSA) is 410 Å². The minimum absolute atomic E-state index is 0. The van der Waals surface area contributed by atoms with Gasteiger partial charge in [-0.2, -0.15) is 29.8 Å². The molecule has 0 spiro atoms. The monoisotopic (exact) mass is 1180 g/mol. The van der Waals surface area contributed by atoms with Gasteiger partial charge < -0.3 is 29.8 Å². The SMILES string of the molecule is Cc1nn(-c2ccc(S(=O)(=O)CCOSOO[O-])cc2)c(O)c1N=Nc1ccc(-c2ccc(N=Nc3c(C)nn(-c4ccc(S(=O)(=O)CCOSOO[O-])cc4)c3O)cc2S(=O)(=O)[O-])c(S(=O)(=O)[O-])c1.[Na+].[Na+].[Na+].[Na+]. The predicted octanol–water partition coefficient (Wildman–Crippen LogP) is -8.44. The normalized spacial score (nSPS) is 12.0. The molecule has 0 saturated heterocycles. The molecule has 74 heavy (non-hydrogen) atoms. The van der Waals surface area contributed by atoms with E-state index in [-0.39, 0.29) is 211 Å². The summed E-state index contributed by atoms with van der Waals surface area (Å²) in [6, 6.07) is 15.9. The molecule has 0 bridgehead atoms. The van der Waals surface area contributed by atoms with E-state index in [4.69, 9.17) is 8.37 Å². The van der Waals surface area contributed by atoms with Crippen LogP contribution in [0.2, 0.25) is 0 Å². The van der Waals surface area contributed by atoms with E-state index in [1.165, 1.54) is 62.4 Å². The number of aromatic nitrogens is 4. The molecular formula is C36H30N8Na4O20S6. The quantitative estimate of drug-likeness (QED) is 0.0114. The Morgan fingerprint density at radius 1 is 0.541 bits per heavy atom. The first kappa shape index (κ1) is 68.3. The molecule has 374 valence electrons. The van der Waals surface area contributed by atoms with Crippen molar-refractivity contribution >= 4 is 87.3 Å². The summed E-state index contributed by atoms with van der Waals surface area (Å²) < 4.78 is 145. The van der Waals surface area contributed by atoms with Crippen molar-refractivity contribution < 1.29 is 209 Å². The Morgan fingerprint density at radius 2 is 0.878 bits per heavy atom. The summed E-state index contributed by atoms with van der Waals surface area (Å²) in [6.07, 6.45) is 0. The molecule has 0 amide bonds. The molecule has 6 aromatic rings. The van der Waals surface area contributed by atoms with Crippen LogP contribution in [0.15, 0.2) is 125 Å². The van der Waals surface area contributed by atoms with E-state index in [0.717, 1.165) is 45.8 Å². The number of aromatic hydroxyl groups is 2. The maximum absolute atomic E-state index is 12.6. The molecule has 38 heteroatoms. The van der Waals surface area contributed by atoms with Crippen LogP contribution in [-0.2, 0) is 67.0 Å². The van der Waals surface area contributed by atoms with E-state index >= 15 is 0 Å². The zero-order valence-corrected chi connectivity index (χ0v) is 52.1. The van der Waals surface area contributed by atoms with E-state index in [1.54, 1.807) is 0 Å². The summed E-state index contributed by atoms with van der Waals surface area (Å²) in [5.74, 6) is -2.15. The van der Waals surface area contributed by atoms with Crippen LogP contribution in [0.25, 0.3) is 22.5 Å². The molecule has 2 N–H and O–H groups in total. The Hall–Kier alpha value is -1.80. The Kier molecular flexibility index (Phi) is 27.7. The van der Waals surface area contributed by atoms with Gasteiger partial charge in [0.25, 0.3) is 0 Å². The van der Waals surface area contributed by atoms with E-state index in [9.17, 15) is 63.5 Å². The van der Waals surface area contributed by atoms with Crippen molar-refractivity contribution in [3.8, 4) is 34.3 Å². The number of hydrogen-bond donors (Lipinski definition) is 2. The van der Waals surface area contributed by atoms with E-state index in [1.807, 2.05) is 0 Å². The summed E-state index contributed by atoms with van der Waals surface area (Å²) in [5, 5.41) is 71.8.